The van der Waals surface area contributed by atoms with E-state index in [4.69, 9.17) is 20.8 Å². The number of fused-ring (bicyclic) bond motifs is 1. The van der Waals surface area contributed by atoms with Gasteiger partial charge in [0, 0.05) is 23.4 Å². The Morgan fingerprint density at radius 2 is 1.73 bits per heavy atom. The Morgan fingerprint density at radius 1 is 1.00 bits per heavy atom. The van der Waals surface area contributed by atoms with Gasteiger partial charge in [0.05, 0.1) is 12.5 Å². The minimum absolute atomic E-state index is 0.167. The van der Waals surface area contributed by atoms with Gasteiger partial charge in [-0.2, -0.15) is 0 Å². The lowest BCUT2D eigenvalue weighted by Gasteiger charge is -2.11. The first-order valence-corrected chi connectivity index (χ1v) is 9.71. The monoisotopic (exact) mass is 419 g/mol. The summed E-state index contributed by atoms with van der Waals surface area (Å²) in [6.45, 7) is 0. The summed E-state index contributed by atoms with van der Waals surface area (Å²) in [6.07, 6.45) is 0. The molecular weight excluding hydrogens is 402 g/mol. The van der Waals surface area contributed by atoms with Crippen LogP contribution >= 0.6 is 11.6 Å². The van der Waals surface area contributed by atoms with Gasteiger partial charge in [-0.15, -0.1) is 11.6 Å². The predicted molar refractivity (Wildman–Crippen MR) is 118 cm³/mol. The molecular formula is C24H18ClNO4. The largest absolute Gasteiger partial charge is 0.497 e. The summed E-state index contributed by atoms with van der Waals surface area (Å²) in [5.74, 6) is 0.773. The molecule has 5 nitrogen and oxygen atoms in total. The van der Waals surface area contributed by atoms with Crippen LogP contribution in [0.5, 0.6) is 5.75 Å². The van der Waals surface area contributed by atoms with E-state index in [2.05, 4.69) is 5.32 Å². The zero-order valence-electron chi connectivity index (χ0n) is 16.1. The molecule has 0 saturated carbocycles. The minimum atomic E-state index is -0.834. The number of hydrogen-bond donors (Lipinski definition) is 1. The Labute approximate surface area is 177 Å². The summed E-state index contributed by atoms with van der Waals surface area (Å²) in [6, 6.07) is 22.6. The lowest BCUT2D eigenvalue weighted by molar-refractivity contribution is -0.116. The highest BCUT2D eigenvalue weighted by Gasteiger charge is 2.18. The number of carbonyl (C=O) groups is 1. The van der Waals surface area contributed by atoms with Crippen molar-refractivity contribution in [2.75, 3.05) is 12.4 Å². The molecule has 1 aromatic heterocycles. The van der Waals surface area contributed by atoms with Crippen molar-refractivity contribution in [2.45, 2.75) is 5.38 Å². The number of alkyl halides is 1. The van der Waals surface area contributed by atoms with E-state index in [1.807, 2.05) is 30.3 Å². The van der Waals surface area contributed by atoms with Gasteiger partial charge in [0.25, 0.3) is 0 Å². The molecule has 0 fully saturated rings. The molecule has 30 heavy (non-hydrogen) atoms. The second-order valence-corrected chi connectivity index (χ2v) is 7.11. The summed E-state index contributed by atoms with van der Waals surface area (Å²) < 4.78 is 11.1. The van der Waals surface area contributed by atoms with E-state index in [-0.39, 0.29) is 11.3 Å². The van der Waals surface area contributed by atoms with Crippen molar-refractivity contribution in [3.8, 4) is 17.1 Å². The Bertz CT molecular complexity index is 1250. The quantitative estimate of drug-likeness (QED) is 0.440. The Morgan fingerprint density at radius 3 is 2.43 bits per heavy atom. The average molecular weight is 420 g/mol. The molecule has 4 aromatic rings. The first-order chi connectivity index (χ1) is 14.5. The van der Waals surface area contributed by atoms with Crippen LogP contribution < -0.4 is 15.5 Å². The van der Waals surface area contributed by atoms with Crippen LogP contribution in [0.15, 0.2) is 88.1 Å². The van der Waals surface area contributed by atoms with Crippen LogP contribution in [0.1, 0.15) is 10.9 Å². The number of anilines is 1. The normalized spacial score (nSPS) is 11.8. The van der Waals surface area contributed by atoms with Gasteiger partial charge in [0.2, 0.25) is 5.91 Å². The van der Waals surface area contributed by atoms with Gasteiger partial charge in [-0.3, -0.25) is 9.59 Å². The predicted octanol–water partition coefficient (Wildman–Crippen LogP) is 5.39. The fourth-order valence-electron chi connectivity index (χ4n) is 3.11. The van der Waals surface area contributed by atoms with Crippen LogP contribution in [0.2, 0.25) is 0 Å². The van der Waals surface area contributed by atoms with E-state index in [1.54, 1.807) is 49.6 Å². The number of rotatable bonds is 5. The van der Waals surface area contributed by atoms with E-state index in [0.29, 0.717) is 33.7 Å². The molecule has 1 atom stereocenters. The molecule has 0 aliphatic carbocycles. The molecule has 6 heteroatoms. The maximum Gasteiger partial charge on any atom is 0.246 e. The molecule has 0 aliphatic heterocycles. The maximum absolute atomic E-state index is 12.5. The lowest BCUT2D eigenvalue weighted by Crippen LogP contribution is -2.17. The first-order valence-electron chi connectivity index (χ1n) is 9.27. The summed E-state index contributed by atoms with van der Waals surface area (Å²) >= 11 is 6.28. The summed E-state index contributed by atoms with van der Waals surface area (Å²) in [7, 11) is 1.59. The maximum atomic E-state index is 12.5. The Kier molecular flexibility index (Phi) is 5.55. The highest BCUT2D eigenvalue weighted by atomic mass is 35.5. The van der Waals surface area contributed by atoms with Crippen LogP contribution in [0, 0.1) is 0 Å². The SMILES string of the molecule is COc1ccc(-c2cc(=O)c3ccc(NC(=O)C(Cl)c4ccccc4)cc3o2)cc1. The number of halogens is 1. The van der Waals surface area contributed by atoms with Crippen LogP contribution in [0.4, 0.5) is 5.69 Å². The Hall–Kier alpha value is -3.57. The van der Waals surface area contributed by atoms with Crippen LogP contribution in [0.3, 0.4) is 0 Å². The fraction of sp³-hybridized carbons (Fsp3) is 0.0833. The zero-order valence-corrected chi connectivity index (χ0v) is 16.8. The van der Waals surface area contributed by atoms with Gasteiger partial charge in [0.1, 0.15) is 22.5 Å². The van der Waals surface area contributed by atoms with E-state index >= 15 is 0 Å². The first kappa shape index (κ1) is 19.7. The van der Waals surface area contributed by atoms with Crippen molar-refractivity contribution in [1.82, 2.24) is 0 Å². The number of nitrogens with one attached hydrogen (secondary N) is 1. The molecule has 1 unspecified atom stereocenters. The number of methoxy groups -OCH3 is 1. The third-order valence-electron chi connectivity index (χ3n) is 4.69. The number of carbonyl (C=O) groups excluding carboxylic acids is 1. The minimum Gasteiger partial charge on any atom is -0.497 e. The smallest absolute Gasteiger partial charge is 0.246 e. The molecule has 0 spiro atoms. The second-order valence-electron chi connectivity index (χ2n) is 6.68. The third-order valence-corrected chi connectivity index (χ3v) is 5.14. The molecule has 0 saturated heterocycles. The van der Waals surface area contributed by atoms with Crippen molar-refractivity contribution in [3.05, 3.63) is 94.6 Å². The number of amides is 1. The van der Waals surface area contributed by atoms with Gasteiger partial charge in [-0.05, 0) is 42.0 Å². The second kappa shape index (κ2) is 8.43. The van der Waals surface area contributed by atoms with E-state index < -0.39 is 5.38 Å². The lowest BCUT2D eigenvalue weighted by atomic mass is 10.1. The zero-order chi connectivity index (χ0) is 21.1. The molecule has 1 N–H and O–H groups in total. The number of ether oxygens (including phenoxy) is 1. The molecule has 1 heterocycles. The molecule has 3 aromatic carbocycles. The fourth-order valence-corrected chi connectivity index (χ4v) is 3.31. The van der Waals surface area contributed by atoms with E-state index in [1.165, 1.54) is 6.07 Å². The van der Waals surface area contributed by atoms with Gasteiger partial charge in [-0.25, -0.2) is 0 Å². The number of hydrogen-bond acceptors (Lipinski definition) is 4. The van der Waals surface area contributed by atoms with Crippen molar-refractivity contribution in [1.29, 1.82) is 0 Å². The number of benzene rings is 3. The summed E-state index contributed by atoms with van der Waals surface area (Å²) in [5, 5.41) is 2.37. The van der Waals surface area contributed by atoms with Crippen molar-refractivity contribution in [2.24, 2.45) is 0 Å². The van der Waals surface area contributed by atoms with E-state index in [9.17, 15) is 9.59 Å². The van der Waals surface area contributed by atoms with Gasteiger partial charge >= 0.3 is 0 Å². The van der Waals surface area contributed by atoms with Gasteiger partial charge < -0.3 is 14.5 Å². The van der Waals surface area contributed by atoms with Crippen LogP contribution in [-0.4, -0.2) is 13.0 Å². The summed E-state index contributed by atoms with van der Waals surface area (Å²) in [4.78, 5) is 25.0. The molecule has 0 aliphatic rings. The van der Waals surface area contributed by atoms with Crippen molar-refractivity contribution >= 4 is 34.2 Å². The molecule has 4 rings (SSSR count). The molecule has 150 valence electrons. The topological polar surface area (TPSA) is 68.5 Å². The van der Waals surface area contributed by atoms with Crippen molar-refractivity contribution < 1.29 is 13.9 Å². The standard InChI is InChI=1S/C24H18ClNO4/c1-29-18-10-7-15(8-11-18)21-14-20(27)19-12-9-17(13-22(19)30-21)26-24(28)23(25)16-5-3-2-4-6-16/h2-14,23H,1H3,(H,26,28). The molecule has 1 amide bonds. The molecule has 0 bridgehead atoms. The summed E-state index contributed by atoms with van der Waals surface area (Å²) in [5.41, 5.74) is 2.14. The van der Waals surface area contributed by atoms with Crippen molar-refractivity contribution in [3.63, 3.8) is 0 Å². The van der Waals surface area contributed by atoms with Gasteiger partial charge in [0.15, 0.2) is 5.43 Å². The van der Waals surface area contributed by atoms with Crippen LogP contribution in [-0.2, 0) is 4.79 Å². The van der Waals surface area contributed by atoms with Crippen LogP contribution in [0.25, 0.3) is 22.3 Å². The van der Waals surface area contributed by atoms with E-state index in [0.717, 1.165) is 5.56 Å². The highest BCUT2D eigenvalue weighted by molar-refractivity contribution is 6.32. The Balaban J connectivity index is 1.64. The van der Waals surface area contributed by atoms with Gasteiger partial charge in [-0.1, -0.05) is 30.3 Å². The average Bonchev–Trinajstić information content (AvgIpc) is 2.79. The molecule has 0 radical (unpaired) electrons. The third kappa shape index (κ3) is 4.07. The highest BCUT2D eigenvalue weighted by Crippen LogP contribution is 2.27.